The fraction of sp³-hybridized carbons (Fsp3) is 0.174. The van der Waals surface area contributed by atoms with Crippen LogP contribution in [0.3, 0.4) is 0 Å². The molecule has 0 radical (unpaired) electrons. The van der Waals surface area contributed by atoms with Gasteiger partial charge >= 0.3 is 0 Å². The lowest BCUT2D eigenvalue weighted by molar-refractivity contribution is -0.117. The lowest BCUT2D eigenvalue weighted by atomic mass is 10.0. The number of ether oxygens (including phenoxy) is 1. The molecule has 4 aromatic rings. The number of furan rings is 1. The van der Waals surface area contributed by atoms with Gasteiger partial charge in [0, 0.05) is 0 Å². The van der Waals surface area contributed by atoms with Crippen molar-refractivity contribution >= 4 is 23.4 Å². The molecule has 0 spiro atoms. The van der Waals surface area contributed by atoms with Crippen LogP contribution in [-0.2, 0) is 11.3 Å². The molecular formula is C23H20N4O3S. The molecule has 2 aromatic heterocycles. The average molecular weight is 433 g/mol. The van der Waals surface area contributed by atoms with Crippen molar-refractivity contribution in [2.45, 2.75) is 17.7 Å². The predicted molar refractivity (Wildman–Crippen MR) is 117 cm³/mol. The Morgan fingerprint density at radius 2 is 1.90 bits per heavy atom. The molecule has 5 rings (SSSR count). The van der Waals surface area contributed by atoms with Crippen molar-refractivity contribution in [2.24, 2.45) is 0 Å². The monoisotopic (exact) mass is 432 g/mol. The Morgan fingerprint density at radius 1 is 1.06 bits per heavy atom. The minimum Gasteiger partial charge on any atom is -0.489 e. The molecule has 7 nitrogen and oxygen atoms in total. The number of carbonyl (C=O) groups excluding carboxylic acids is 1. The highest BCUT2D eigenvalue weighted by Crippen LogP contribution is 2.39. The predicted octanol–water partition coefficient (Wildman–Crippen LogP) is 4.18. The largest absolute Gasteiger partial charge is 0.489 e. The SMILES string of the molecule is O=C(CSc1nncn1Cc1ccco1)N1c2ccccc2OC[C@@H]1c1ccccc1. The molecule has 1 amide bonds. The Hall–Kier alpha value is -3.52. The number of rotatable bonds is 6. The Bertz CT molecular complexity index is 1160. The van der Waals surface area contributed by atoms with Gasteiger partial charge in [0.25, 0.3) is 0 Å². The van der Waals surface area contributed by atoms with Crippen LogP contribution in [0.15, 0.2) is 88.9 Å². The van der Waals surface area contributed by atoms with E-state index >= 15 is 0 Å². The van der Waals surface area contributed by atoms with Gasteiger partial charge in [0.05, 0.1) is 30.3 Å². The van der Waals surface area contributed by atoms with Gasteiger partial charge in [-0.1, -0.05) is 54.2 Å². The number of fused-ring (bicyclic) bond motifs is 1. The molecule has 0 saturated carbocycles. The first-order valence-corrected chi connectivity index (χ1v) is 10.9. The van der Waals surface area contributed by atoms with Crippen molar-refractivity contribution in [2.75, 3.05) is 17.3 Å². The summed E-state index contributed by atoms with van der Waals surface area (Å²) in [5, 5.41) is 8.84. The molecule has 1 aliphatic rings. The van der Waals surface area contributed by atoms with Gasteiger partial charge in [-0.2, -0.15) is 0 Å². The van der Waals surface area contributed by atoms with E-state index in [2.05, 4.69) is 10.2 Å². The standard InChI is InChI=1S/C23H20N4O3S/c28-22(15-31-23-25-24-16-26(23)13-18-9-6-12-29-18)27-19-10-4-5-11-21(19)30-14-20(27)17-7-2-1-3-8-17/h1-12,16,20H,13-15H2/t20-/m1/s1. The molecule has 156 valence electrons. The van der Waals surface area contributed by atoms with Gasteiger partial charge in [0.1, 0.15) is 24.4 Å². The minimum absolute atomic E-state index is 0.0119. The minimum atomic E-state index is -0.190. The second-order valence-electron chi connectivity index (χ2n) is 7.08. The third-order valence-corrected chi connectivity index (χ3v) is 6.06. The first-order valence-electron chi connectivity index (χ1n) is 9.91. The van der Waals surface area contributed by atoms with Gasteiger partial charge in [-0.15, -0.1) is 10.2 Å². The highest BCUT2D eigenvalue weighted by atomic mass is 32.2. The van der Waals surface area contributed by atoms with Crippen LogP contribution in [0, 0.1) is 0 Å². The Morgan fingerprint density at radius 3 is 2.74 bits per heavy atom. The lowest BCUT2D eigenvalue weighted by Gasteiger charge is -2.37. The molecule has 0 saturated heterocycles. The van der Waals surface area contributed by atoms with Crippen molar-refractivity contribution in [1.29, 1.82) is 0 Å². The van der Waals surface area contributed by atoms with E-state index in [1.54, 1.807) is 12.6 Å². The summed E-state index contributed by atoms with van der Waals surface area (Å²) in [6.45, 7) is 0.926. The van der Waals surface area contributed by atoms with E-state index in [0.717, 1.165) is 17.0 Å². The van der Waals surface area contributed by atoms with Crippen molar-refractivity contribution in [3.05, 3.63) is 90.6 Å². The maximum atomic E-state index is 13.4. The summed E-state index contributed by atoms with van der Waals surface area (Å²) >= 11 is 1.36. The number of aromatic nitrogens is 3. The number of amides is 1. The third kappa shape index (κ3) is 4.06. The van der Waals surface area contributed by atoms with Crippen LogP contribution >= 0.6 is 11.8 Å². The quantitative estimate of drug-likeness (QED) is 0.426. The number of para-hydroxylation sites is 2. The van der Waals surface area contributed by atoms with E-state index in [9.17, 15) is 4.79 Å². The van der Waals surface area contributed by atoms with Crippen LogP contribution in [0.1, 0.15) is 17.4 Å². The highest BCUT2D eigenvalue weighted by molar-refractivity contribution is 7.99. The van der Waals surface area contributed by atoms with Gasteiger partial charge in [-0.05, 0) is 29.8 Å². The van der Waals surface area contributed by atoms with Crippen LogP contribution in [0.2, 0.25) is 0 Å². The molecule has 0 unspecified atom stereocenters. The molecular weight excluding hydrogens is 412 g/mol. The first kappa shape index (κ1) is 19.4. The van der Waals surface area contributed by atoms with Gasteiger partial charge in [0.2, 0.25) is 5.91 Å². The van der Waals surface area contributed by atoms with Crippen LogP contribution < -0.4 is 9.64 Å². The number of thioether (sulfide) groups is 1. The smallest absolute Gasteiger partial charge is 0.238 e. The van der Waals surface area contributed by atoms with E-state index in [4.69, 9.17) is 9.15 Å². The fourth-order valence-corrected chi connectivity index (χ4v) is 4.42. The van der Waals surface area contributed by atoms with E-state index in [0.29, 0.717) is 24.1 Å². The van der Waals surface area contributed by atoms with E-state index in [-0.39, 0.29) is 17.7 Å². The summed E-state index contributed by atoms with van der Waals surface area (Å²) in [5.41, 5.74) is 1.82. The molecule has 31 heavy (non-hydrogen) atoms. The highest BCUT2D eigenvalue weighted by Gasteiger charge is 2.33. The number of anilines is 1. The van der Waals surface area contributed by atoms with Gasteiger partial charge in [-0.25, -0.2) is 0 Å². The molecule has 0 aliphatic carbocycles. The number of hydrogen-bond acceptors (Lipinski definition) is 6. The van der Waals surface area contributed by atoms with E-state index in [1.807, 2.05) is 76.2 Å². The molecule has 0 N–H and O–H groups in total. The van der Waals surface area contributed by atoms with Crippen LogP contribution in [0.25, 0.3) is 0 Å². The van der Waals surface area contributed by atoms with E-state index in [1.165, 1.54) is 11.8 Å². The van der Waals surface area contributed by atoms with Crippen molar-refractivity contribution < 1.29 is 13.9 Å². The second kappa shape index (κ2) is 8.69. The molecule has 1 aliphatic heterocycles. The summed E-state index contributed by atoms with van der Waals surface area (Å²) in [4.78, 5) is 15.3. The summed E-state index contributed by atoms with van der Waals surface area (Å²) in [6.07, 6.45) is 3.28. The van der Waals surface area contributed by atoms with Crippen molar-refractivity contribution in [3.63, 3.8) is 0 Å². The zero-order chi connectivity index (χ0) is 21.0. The molecule has 0 bridgehead atoms. The lowest BCUT2D eigenvalue weighted by Crippen LogP contribution is -2.42. The molecule has 2 aromatic carbocycles. The van der Waals surface area contributed by atoms with Gasteiger partial charge < -0.3 is 13.7 Å². The van der Waals surface area contributed by atoms with Crippen molar-refractivity contribution in [3.8, 4) is 5.75 Å². The summed E-state index contributed by atoms with van der Waals surface area (Å²) < 4.78 is 13.2. The Balaban J connectivity index is 1.37. The van der Waals surface area contributed by atoms with E-state index < -0.39 is 0 Å². The topological polar surface area (TPSA) is 73.4 Å². The Labute approximate surface area is 183 Å². The fourth-order valence-electron chi connectivity index (χ4n) is 3.65. The molecule has 0 fully saturated rings. The van der Waals surface area contributed by atoms with Crippen LogP contribution in [0.4, 0.5) is 5.69 Å². The third-order valence-electron chi connectivity index (χ3n) is 5.10. The molecule has 1 atom stereocenters. The average Bonchev–Trinajstić information content (AvgIpc) is 3.50. The summed E-state index contributed by atoms with van der Waals surface area (Å²) in [7, 11) is 0. The number of benzene rings is 2. The summed E-state index contributed by atoms with van der Waals surface area (Å²) in [5.74, 6) is 1.74. The molecule has 3 heterocycles. The normalized spacial score (nSPS) is 15.4. The zero-order valence-electron chi connectivity index (χ0n) is 16.6. The van der Waals surface area contributed by atoms with Crippen LogP contribution in [-0.4, -0.2) is 33.0 Å². The van der Waals surface area contributed by atoms with Crippen LogP contribution in [0.5, 0.6) is 5.75 Å². The number of nitrogens with zero attached hydrogens (tertiary/aromatic N) is 4. The van der Waals surface area contributed by atoms with Gasteiger partial charge in [-0.3, -0.25) is 9.69 Å². The maximum absolute atomic E-state index is 13.4. The van der Waals surface area contributed by atoms with Gasteiger partial charge in [0.15, 0.2) is 5.16 Å². The number of hydrogen-bond donors (Lipinski definition) is 0. The number of carbonyl (C=O) groups is 1. The maximum Gasteiger partial charge on any atom is 0.238 e. The molecule has 8 heteroatoms. The second-order valence-corrected chi connectivity index (χ2v) is 8.02. The first-order chi connectivity index (χ1) is 15.3. The summed E-state index contributed by atoms with van der Waals surface area (Å²) in [6, 6.07) is 21.2. The van der Waals surface area contributed by atoms with Crippen molar-refractivity contribution in [1.82, 2.24) is 14.8 Å². The Kier molecular flexibility index (Phi) is 5.45. The zero-order valence-corrected chi connectivity index (χ0v) is 17.4.